The van der Waals surface area contributed by atoms with Crippen LogP contribution in [0, 0.1) is 0 Å². The SMILES string of the molecule is CCOC(=O)C(C)Sc1ccc(S(=O)(=O)N2CCCCC2)cn1. The van der Waals surface area contributed by atoms with Crippen molar-refractivity contribution in [3.63, 3.8) is 0 Å². The molecule has 0 spiro atoms. The summed E-state index contributed by atoms with van der Waals surface area (Å²) >= 11 is 1.25. The van der Waals surface area contributed by atoms with Gasteiger partial charge in [0.2, 0.25) is 10.0 Å². The lowest BCUT2D eigenvalue weighted by atomic mass is 10.2. The number of carbonyl (C=O) groups is 1. The van der Waals surface area contributed by atoms with Crippen LogP contribution >= 0.6 is 11.8 Å². The quantitative estimate of drug-likeness (QED) is 0.574. The van der Waals surface area contributed by atoms with E-state index >= 15 is 0 Å². The maximum absolute atomic E-state index is 12.5. The van der Waals surface area contributed by atoms with Gasteiger partial charge in [0, 0.05) is 19.3 Å². The number of esters is 1. The van der Waals surface area contributed by atoms with Crippen LogP contribution < -0.4 is 0 Å². The van der Waals surface area contributed by atoms with E-state index in [0.717, 1.165) is 19.3 Å². The smallest absolute Gasteiger partial charge is 0.319 e. The van der Waals surface area contributed by atoms with Crippen molar-refractivity contribution in [1.82, 2.24) is 9.29 Å². The molecule has 2 heterocycles. The highest BCUT2D eigenvalue weighted by atomic mass is 32.2. The number of aromatic nitrogens is 1. The fourth-order valence-corrected chi connectivity index (χ4v) is 4.58. The summed E-state index contributed by atoms with van der Waals surface area (Å²) in [4.78, 5) is 16.0. The molecule has 1 saturated heterocycles. The van der Waals surface area contributed by atoms with Crippen molar-refractivity contribution in [2.45, 2.75) is 48.3 Å². The maximum atomic E-state index is 12.5. The molecule has 0 aliphatic carbocycles. The van der Waals surface area contributed by atoms with Crippen LogP contribution in [0.4, 0.5) is 0 Å². The number of carbonyl (C=O) groups excluding carboxylic acids is 1. The van der Waals surface area contributed by atoms with Crippen LogP contribution in [-0.4, -0.2) is 48.6 Å². The lowest BCUT2D eigenvalue weighted by molar-refractivity contribution is -0.142. The van der Waals surface area contributed by atoms with Gasteiger partial charge in [-0.05, 0) is 38.8 Å². The molecule has 128 valence electrons. The molecule has 0 radical (unpaired) electrons. The third-order valence-corrected chi connectivity index (χ3v) is 6.49. The molecular formula is C15H22N2O4S2. The molecule has 8 heteroatoms. The number of ether oxygens (including phenoxy) is 1. The van der Waals surface area contributed by atoms with Crippen LogP contribution in [0.1, 0.15) is 33.1 Å². The Hall–Kier alpha value is -1.12. The van der Waals surface area contributed by atoms with Crippen molar-refractivity contribution in [1.29, 1.82) is 0 Å². The van der Waals surface area contributed by atoms with Crippen LogP contribution in [0.25, 0.3) is 0 Å². The number of hydrogen-bond acceptors (Lipinski definition) is 6. The fourth-order valence-electron chi connectivity index (χ4n) is 2.33. The predicted molar refractivity (Wildman–Crippen MR) is 88.8 cm³/mol. The van der Waals surface area contributed by atoms with Gasteiger partial charge in [0.15, 0.2) is 0 Å². The Bertz CT molecular complexity index is 625. The van der Waals surface area contributed by atoms with E-state index in [0.29, 0.717) is 24.7 Å². The van der Waals surface area contributed by atoms with E-state index in [9.17, 15) is 13.2 Å². The zero-order chi connectivity index (χ0) is 16.9. The molecule has 1 atom stereocenters. The molecule has 1 fully saturated rings. The lowest BCUT2D eigenvalue weighted by Crippen LogP contribution is -2.35. The van der Waals surface area contributed by atoms with Crippen molar-refractivity contribution in [3.05, 3.63) is 18.3 Å². The van der Waals surface area contributed by atoms with Gasteiger partial charge in [0.1, 0.15) is 10.1 Å². The molecule has 0 aromatic carbocycles. The van der Waals surface area contributed by atoms with E-state index in [1.807, 2.05) is 0 Å². The molecular weight excluding hydrogens is 336 g/mol. The zero-order valence-corrected chi connectivity index (χ0v) is 15.0. The van der Waals surface area contributed by atoms with Gasteiger partial charge in [-0.15, -0.1) is 0 Å². The molecule has 1 aliphatic heterocycles. The lowest BCUT2D eigenvalue weighted by Gasteiger charge is -2.25. The molecule has 23 heavy (non-hydrogen) atoms. The second-order valence-electron chi connectivity index (χ2n) is 5.31. The summed E-state index contributed by atoms with van der Waals surface area (Å²) in [6.45, 7) is 4.97. The van der Waals surface area contributed by atoms with Crippen LogP contribution in [-0.2, 0) is 19.6 Å². The van der Waals surface area contributed by atoms with Gasteiger partial charge in [-0.25, -0.2) is 13.4 Å². The summed E-state index contributed by atoms with van der Waals surface area (Å²) < 4.78 is 31.5. The average molecular weight is 358 g/mol. The first kappa shape index (κ1) is 18.2. The summed E-state index contributed by atoms with van der Waals surface area (Å²) in [5.41, 5.74) is 0. The van der Waals surface area contributed by atoms with Crippen LogP contribution in [0.5, 0.6) is 0 Å². The average Bonchev–Trinajstić information content (AvgIpc) is 2.56. The van der Waals surface area contributed by atoms with Crippen molar-refractivity contribution < 1.29 is 17.9 Å². The van der Waals surface area contributed by atoms with Gasteiger partial charge in [-0.2, -0.15) is 4.31 Å². The zero-order valence-electron chi connectivity index (χ0n) is 13.4. The summed E-state index contributed by atoms with van der Waals surface area (Å²) in [5, 5.41) is 0.218. The standard InChI is InChI=1S/C15H22N2O4S2/c1-3-21-15(18)12(2)22-14-8-7-13(11-16-14)23(19,20)17-9-5-4-6-10-17/h7-8,11-12H,3-6,9-10H2,1-2H3. The Morgan fingerprint density at radius 2 is 2.04 bits per heavy atom. The van der Waals surface area contributed by atoms with E-state index < -0.39 is 10.0 Å². The molecule has 0 amide bonds. The molecule has 6 nitrogen and oxygen atoms in total. The Labute approximate surface area is 141 Å². The van der Waals surface area contributed by atoms with Gasteiger partial charge >= 0.3 is 5.97 Å². The van der Waals surface area contributed by atoms with E-state index in [2.05, 4.69) is 4.98 Å². The summed E-state index contributed by atoms with van der Waals surface area (Å²) in [5.74, 6) is -0.302. The van der Waals surface area contributed by atoms with E-state index in [-0.39, 0.29) is 16.1 Å². The number of pyridine rings is 1. The minimum absolute atomic E-state index is 0.201. The van der Waals surface area contributed by atoms with Crippen molar-refractivity contribution >= 4 is 27.8 Å². The first-order chi connectivity index (χ1) is 10.9. The second kappa shape index (κ2) is 8.12. The Morgan fingerprint density at radius 1 is 1.35 bits per heavy atom. The van der Waals surface area contributed by atoms with Gasteiger partial charge in [0.05, 0.1) is 11.6 Å². The number of sulfonamides is 1. The third-order valence-electron chi connectivity index (χ3n) is 3.58. The Morgan fingerprint density at radius 3 is 2.61 bits per heavy atom. The van der Waals surface area contributed by atoms with Crippen LogP contribution in [0.15, 0.2) is 28.3 Å². The highest BCUT2D eigenvalue weighted by Crippen LogP contribution is 2.25. The predicted octanol–water partition coefficient (Wildman–Crippen LogP) is 2.30. The van der Waals surface area contributed by atoms with Gasteiger partial charge in [0.25, 0.3) is 0 Å². The number of nitrogens with zero attached hydrogens (tertiary/aromatic N) is 2. The first-order valence-electron chi connectivity index (χ1n) is 7.74. The molecule has 0 bridgehead atoms. The van der Waals surface area contributed by atoms with Crippen molar-refractivity contribution in [2.75, 3.05) is 19.7 Å². The summed E-state index contributed by atoms with van der Waals surface area (Å²) in [6, 6.07) is 3.19. The minimum atomic E-state index is -3.46. The van der Waals surface area contributed by atoms with Crippen molar-refractivity contribution in [3.8, 4) is 0 Å². The Kier molecular flexibility index (Phi) is 6.43. The normalized spacial score (nSPS) is 17.7. The number of thioether (sulfide) groups is 1. The van der Waals surface area contributed by atoms with Gasteiger partial charge in [-0.3, -0.25) is 4.79 Å². The molecule has 0 saturated carbocycles. The monoisotopic (exact) mass is 358 g/mol. The van der Waals surface area contributed by atoms with E-state index in [4.69, 9.17) is 4.74 Å². The van der Waals surface area contributed by atoms with E-state index in [1.165, 1.54) is 22.3 Å². The first-order valence-corrected chi connectivity index (χ1v) is 10.1. The topological polar surface area (TPSA) is 76.6 Å². The highest BCUT2D eigenvalue weighted by molar-refractivity contribution is 8.00. The number of rotatable bonds is 6. The van der Waals surface area contributed by atoms with Crippen molar-refractivity contribution in [2.24, 2.45) is 0 Å². The number of hydrogen-bond donors (Lipinski definition) is 0. The maximum Gasteiger partial charge on any atom is 0.319 e. The van der Waals surface area contributed by atoms with E-state index in [1.54, 1.807) is 26.0 Å². The van der Waals surface area contributed by atoms with Crippen LogP contribution in [0.2, 0.25) is 0 Å². The third kappa shape index (κ3) is 4.68. The summed E-state index contributed by atoms with van der Waals surface area (Å²) in [7, 11) is -3.46. The van der Waals surface area contributed by atoms with Gasteiger partial charge < -0.3 is 4.74 Å². The molecule has 0 N–H and O–H groups in total. The molecule has 1 aliphatic rings. The highest BCUT2D eigenvalue weighted by Gasteiger charge is 2.26. The Balaban J connectivity index is 2.05. The largest absolute Gasteiger partial charge is 0.465 e. The molecule has 1 aromatic heterocycles. The number of piperidine rings is 1. The van der Waals surface area contributed by atoms with Crippen LogP contribution in [0.3, 0.4) is 0 Å². The fraction of sp³-hybridized carbons (Fsp3) is 0.600. The minimum Gasteiger partial charge on any atom is -0.465 e. The molecule has 2 rings (SSSR count). The molecule has 1 aromatic rings. The summed E-state index contributed by atoms with van der Waals surface area (Å²) in [6.07, 6.45) is 4.24. The molecule has 1 unspecified atom stereocenters. The van der Waals surface area contributed by atoms with Gasteiger partial charge in [-0.1, -0.05) is 18.2 Å². The second-order valence-corrected chi connectivity index (χ2v) is 8.61.